The van der Waals surface area contributed by atoms with Gasteiger partial charge in [0.25, 0.3) is 0 Å². The van der Waals surface area contributed by atoms with Crippen molar-refractivity contribution in [1.29, 1.82) is 0 Å². The predicted octanol–water partition coefficient (Wildman–Crippen LogP) is 4.48. The Bertz CT molecular complexity index is 946. The fourth-order valence-corrected chi connectivity index (χ4v) is 3.37. The molecule has 5 nitrogen and oxygen atoms in total. The molecule has 0 unspecified atom stereocenters. The summed E-state index contributed by atoms with van der Waals surface area (Å²) in [5.41, 5.74) is 3.29. The molecule has 1 amide bonds. The van der Waals surface area contributed by atoms with Gasteiger partial charge in [0.2, 0.25) is 5.91 Å². The quantitative estimate of drug-likeness (QED) is 0.606. The van der Waals surface area contributed by atoms with Crippen molar-refractivity contribution < 1.29 is 14.3 Å². The van der Waals surface area contributed by atoms with Gasteiger partial charge in [-0.25, -0.2) is 0 Å². The number of H-pyrrole nitrogens is 1. The van der Waals surface area contributed by atoms with Crippen LogP contribution >= 0.6 is 0 Å². The van der Waals surface area contributed by atoms with Crippen molar-refractivity contribution in [2.24, 2.45) is 5.92 Å². The van der Waals surface area contributed by atoms with E-state index in [2.05, 4.69) is 22.4 Å². The summed E-state index contributed by atoms with van der Waals surface area (Å²) in [4.78, 5) is 15.6. The lowest BCUT2D eigenvalue weighted by molar-refractivity contribution is -0.124. The van der Waals surface area contributed by atoms with Crippen LogP contribution in [0, 0.1) is 5.92 Å². The van der Waals surface area contributed by atoms with E-state index < -0.39 is 0 Å². The molecular formula is C23H28N2O3. The van der Waals surface area contributed by atoms with E-state index in [0.717, 1.165) is 27.8 Å². The van der Waals surface area contributed by atoms with E-state index in [4.69, 9.17) is 9.47 Å². The Morgan fingerprint density at radius 3 is 2.64 bits per heavy atom. The third-order valence-electron chi connectivity index (χ3n) is 4.89. The highest BCUT2D eigenvalue weighted by atomic mass is 16.5. The Labute approximate surface area is 166 Å². The highest BCUT2D eigenvalue weighted by Gasteiger charge is 2.21. The maximum Gasteiger partial charge on any atom is 0.222 e. The summed E-state index contributed by atoms with van der Waals surface area (Å²) < 4.78 is 11.2. The summed E-state index contributed by atoms with van der Waals surface area (Å²) in [5, 5.41) is 4.24. The summed E-state index contributed by atoms with van der Waals surface area (Å²) >= 11 is 0. The van der Waals surface area contributed by atoms with E-state index in [9.17, 15) is 4.79 Å². The molecule has 0 saturated carbocycles. The largest absolute Gasteiger partial charge is 0.493 e. The first-order valence-corrected chi connectivity index (χ1v) is 9.69. The standard InChI is InChI=1S/C23H28N2O3/c1-5-28-21-11-10-16(12-22(21)27-4)18(13-25-23(26)15(2)3)19-14-24-20-9-7-6-8-17(19)20/h6-12,14-15,18,24H,5,13H2,1-4H3,(H,25,26)/t18-/m0/s1. The van der Waals surface area contributed by atoms with Crippen LogP contribution in [0.15, 0.2) is 48.7 Å². The lowest BCUT2D eigenvalue weighted by Crippen LogP contribution is -2.32. The molecule has 0 aliphatic carbocycles. The third kappa shape index (κ3) is 4.14. The van der Waals surface area contributed by atoms with Gasteiger partial charge in [-0.3, -0.25) is 4.79 Å². The zero-order valence-electron chi connectivity index (χ0n) is 16.9. The number of carbonyl (C=O) groups excluding carboxylic acids is 1. The van der Waals surface area contributed by atoms with Crippen LogP contribution in [-0.2, 0) is 4.79 Å². The molecule has 148 valence electrons. The molecular weight excluding hydrogens is 352 g/mol. The lowest BCUT2D eigenvalue weighted by atomic mass is 9.90. The van der Waals surface area contributed by atoms with Crippen molar-refractivity contribution in [2.75, 3.05) is 20.3 Å². The molecule has 0 radical (unpaired) electrons. The van der Waals surface area contributed by atoms with Gasteiger partial charge in [-0.2, -0.15) is 0 Å². The molecule has 0 aliphatic heterocycles. The van der Waals surface area contributed by atoms with Gasteiger partial charge in [0.15, 0.2) is 11.5 Å². The summed E-state index contributed by atoms with van der Waals surface area (Å²) in [5.74, 6) is 1.39. The minimum Gasteiger partial charge on any atom is -0.493 e. The van der Waals surface area contributed by atoms with Gasteiger partial charge in [-0.15, -0.1) is 0 Å². The Hall–Kier alpha value is -2.95. The number of hydrogen-bond donors (Lipinski definition) is 2. The summed E-state index contributed by atoms with van der Waals surface area (Å²) in [7, 11) is 1.64. The van der Waals surface area contributed by atoms with Crippen LogP contribution in [0.5, 0.6) is 11.5 Å². The fourth-order valence-electron chi connectivity index (χ4n) is 3.37. The number of aromatic amines is 1. The van der Waals surface area contributed by atoms with Crippen LogP contribution in [0.25, 0.3) is 10.9 Å². The Morgan fingerprint density at radius 1 is 1.14 bits per heavy atom. The van der Waals surface area contributed by atoms with Gasteiger partial charge < -0.3 is 19.8 Å². The van der Waals surface area contributed by atoms with E-state index >= 15 is 0 Å². The molecule has 0 aliphatic rings. The van der Waals surface area contributed by atoms with Gasteiger partial charge in [0, 0.05) is 35.5 Å². The van der Waals surface area contributed by atoms with E-state index in [0.29, 0.717) is 18.9 Å². The molecule has 2 aromatic carbocycles. The van der Waals surface area contributed by atoms with Crippen molar-refractivity contribution in [3.63, 3.8) is 0 Å². The average molecular weight is 380 g/mol. The second kappa shape index (κ2) is 8.83. The lowest BCUT2D eigenvalue weighted by Gasteiger charge is -2.20. The number of fused-ring (bicyclic) bond motifs is 1. The first-order chi connectivity index (χ1) is 13.5. The first-order valence-electron chi connectivity index (χ1n) is 9.69. The van der Waals surface area contributed by atoms with Crippen molar-refractivity contribution in [1.82, 2.24) is 10.3 Å². The normalized spacial score (nSPS) is 12.2. The molecule has 0 saturated heterocycles. The summed E-state index contributed by atoms with van der Waals surface area (Å²) in [6.07, 6.45) is 2.03. The maximum absolute atomic E-state index is 12.2. The Kier molecular flexibility index (Phi) is 6.24. The zero-order valence-corrected chi connectivity index (χ0v) is 16.9. The summed E-state index contributed by atoms with van der Waals surface area (Å²) in [6.45, 7) is 6.83. The second-order valence-electron chi connectivity index (χ2n) is 7.09. The highest BCUT2D eigenvalue weighted by Crippen LogP contribution is 2.35. The van der Waals surface area contributed by atoms with Crippen LogP contribution in [-0.4, -0.2) is 31.2 Å². The SMILES string of the molecule is CCOc1ccc([C@H](CNC(=O)C(C)C)c2c[nH]c3ccccc23)cc1OC. The van der Waals surface area contributed by atoms with E-state index in [-0.39, 0.29) is 17.7 Å². The number of methoxy groups -OCH3 is 1. The molecule has 0 spiro atoms. The number of para-hydroxylation sites is 1. The molecule has 5 heteroatoms. The van der Waals surface area contributed by atoms with Crippen LogP contribution in [0.1, 0.15) is 37.8 Å². The van der Waals surface area contributed by atoms with Gasteiger partial charge in [0.1, 0.15) is 0 Å². The van der Waals surface area contributed by atoms with Crippen LogP contribution in [0.4, 0.5) is 0 Å². The first kappa shape index (κ1) is 19.8. The van der Waals surface area contributed by atoms with Crippen LogP contribution < -0.4 is 14.8 Å². The van der Waals surface area contributed by atoms with E-state index in [1.807, 2.05) is 57.3 Å². The van der Waals surface area contributed by atoms with Gasteiger partial charge >= 0.3 is 0 Å². The molecule has 28 heavy (non-hydrogen) atoms. The van der Waals surface area contributed by atoms with Crippen molar-refractivity contribution in [3.05, 3.63) is 59.8 Å². The Balaban J connectivity index is 2.02. The minimum atomic E-state index is -0.0570. The number of ether oxygens (including phenoxy) is 2. The van der Waals surface area contributed by atoms with Gasteiger partial charge in [0.05, 0.1) is 13.7 Å². The van der Waals surface area contributed by atoms with E-state index in [1.165, 1.54) is 0 Å². The molecule has 3 aromatic rings. The highest BCUT2D eigenvalue weighted by molar-refractivity contribution is 5.84. The number of carbonyl (C=O) groups is 1. The molecule has 2 N–H and O–H groups in total. The van der Waals surface area contributed by atoms with Crippen LogP contribution in [0.3, 0.4) is 0 Å². The molecule has 1 aromatic heterocycles. The van der Waals surface area contributed by atoms with Gasteiger partial charge in [-0.05, 0) is 36.2 Å². The van der Waals surface area contributed by atoms with Crippen molar-refractivity contribution >= 4 is 16.8 Å². The monoisotopic (exact) mass is 380 g/mol. The number of nitrogens with one attached hydrogen (secondary N) is 2. The minimum absolute atomic E-state index is 0.0107. The topological polar surface area (TPSA) is 63.3 Å². The number of rotatable bonds is 8. The second-order valence-corrected chi connectivity index (χ2v) is 7.09. The van der Waals surface area contributed by atoms with Gasteiger partial charge in [-0.1, -0.05) is 38.1 Å². The van der Waals surface area contributed by atoms with E-state index in [1.54, 1.807) is 7.11 Å². The summed E-state index contributed by atoms with van der Waals surface area (Å²) in [6, 6.07) is 14.2. The number of benzene rings is 2. The number of hydrogen-bond acceptors (Lipinski definition) is 3. The predicted molar refractivity (Wildman–Crippen MR) is 112 cm³/mol. The van der Waals surface area contributed by atoms with Crippen LogP contribution in [0.2, 0.25) is 0 Å². The van der Waals surface area contributed by atoms with Crippen molar-refractivity contribution in [2.45, 2.75) is 26.7 Å². The number of aromatic nitrogens is 1. The number of amides is 1. The molecule has 3 rings (SSSR count). The molecule has 0 fully saturated rings. The fraction of sp³-hybridized carbons (Fsp3) is 0.348. The Morgan fingerprint density at radius 2 is 1.93 bits per heavy atom. The smallest absolute Gasteiger partial charge is 0.222 e. The maximum atomic E-state index is 12.2. The zero-order chi connectivity index (χ0) is 20.1. The molecule has 0 bridgehead atoms. The average Bonchev–Trinajstić information content (AvgIpc) is 3.13. The third-order valence-corrected chi connectivity index (χ3v) is 4.89. The molecule has 1 atom stereocenters. The van der Waals surface area contributed by atoms with Crippen molar-refractivity contribution in [3.8, 4) is 11.5 Å². The molecule has 1 heterocycles.